The Hall–Kier alpha value is -2.08. The molecule has 114 valence electrons. The molecule has 6 nitrogen and oxygen atoms in total. The van der Waals surface area contributed by atoms with Gasteiger partial charge in [-0.05, 0) is 37.8 Å². The molecule has 0 spiro atoms. The highest BCUT2D eigenvalue weighted by molar-refractivity contribution is 5.94. The zero-order valence-corrected chi connectivity index (χ0v) is 11.7. The van der Waals surface area contributed by atoms with Crippen LogP contribution in [-0.2, 0) is 9.53 Å². The molecule has 1 atom stereocenters. The van der Waals surface area contributed by atoms with Gasteiger partial charge in [0.2, 0.25) is 5.91 Å². The lowest BCUT2D eigenvalue weighted by Crippen LogP contribution is -2.21. The number of hydrogen-bond acceptors (Lipinski definition) is 4. The fourth-order valence-electron chi connectivity index (χ4n) is 2.34. The molecular formula is C15H19NO5. The average Bonchev–Trinajstić information content (AvgIpc) is 2.46. The normalized spacial score (nSPS) is 18.2. The van der Waals surface area contributed by atoms with E-state index in [9.17, 15) is 14.7 Å². The van der Waals surface area contributed by atoms with Crippen molar-refractivity contribution >= 4 is 17.6 Å². The number of aromatic carboxylic acids is 1. The molecule has 1 amide bonds. The summed E-state index contributed by atoms with van der Waals surface area (Å²) >= 11 is 0. The number of carboxylic acids is 1. The number of rotatable bonds is 5. The summed E-state index contributed by atoms with van der Waals surface area (Å²) < 4.78 is 5.55. The van der Waals surface area contributed by atoms with Gasteiger partial charge in [0.15, 0.2) is 0 Å². The lowest BCUT2D eigenvalue weighted by Gasteiger charge is -2.22. The van der Waals surface area contributed by atoms with Gasteiger partial charge in [0.25, 0.3) is 0 Å². The minimum atomic E-state index is -1.21. The molecule has 2 rings (SSSR count). The van der Waals surface area contributed by atoms with Gasteiger partial charge in [0.05, 0.1) is 6.10 Å². The first-order valence-corrected chi connectivity index (χ1v) is 7.04. The third-order valence-corrected chi connectivity index (χ3v) is 3.48. The smallest absolute Gasteiger partial charge is 0.339 e. The van der Waals surface area contributed by atoms with E-state index in [1.807, 2.05) is 0 Å². The number of ether oxygens (including phenoxy) is 1. The molecule has 0 aromatic heterocycles. The van der Waals surface area contributed by atoms with E-state index in [0.717, 1.165) is 25.9 Å². The molecule has 1 aliphatic rings. The van der Waals surface area contributed by atoms with Crippen molar-refractivity contribution in [1.29, 1.82) is 0 Å². The van der Waals surface area contributed by atoms with Gasteiger partial charge >= 0.3 is 5.97 Å². The molecule has 1 aromatic rings. The molecule has 1 heterocycles. The van der Waals surface area contributed by atoms with Crippen molar-refractivity contribution in [2.75, 3.05) is 11.9 Å². The van der Waals surface area contributed by atoms with E-state index < -0.39 is 5.97 Å². The fourth-order valence-corrected chi connectivity index (χ4v) is 2.34. The van der Waals surface area contributed by atoms with Crippen LogP contribution in [-0.4, -0.2) is 34.8 Å². The van der Waals surface area contributed by atoms with Crippen molar-refractivity contribution < 1.29 is 24.5 Å². The molecule has 0 radical (unpaired) electrons. The van der Waals surface area contributed by atoms with Gasteiger partial charge in [-0.2, -0.15) is 0 Å². The number of carboxylic acid groups (broad SMARTS) is 1. The maximum Gasteiger partial charge on any atom is 0.339 e. The number of hydrogen-bond donors (Lipinski definition) is 3. The van der Waals surface area contributed by atoms with Crippen LogP contribution in [0.15, 0.2) is 18.2 Å². The number of phenols is 1. The minimum Gasteiger partial charge on any atom is -0.507 e. The summed E-state index contributed by atoms with van der Waals surface area (Å²) in [7, 11) is 0. The minimum absolute atomic E-state index is 0.146. The van der Waals surface area contributed by atoms with Crippen LogP contribution in [0.3, 0.4) is 0 Å². The second-order valence-electron chi connectivity index (χ2n) is 5.11. The predicted octanol–water partition coefficient (Wildman–Crippen LogP) is 2.38. The standard InChI is InChI=1S/C15H19NO5/c17-13-9-10(4-6-12(13)15(19)20)16-14(18)7-5-11-3-1-2-8-21-11/h4,6,9,11,17H,1-3,5,7-8H2,(H,16,18)(H,19,20). The van der Waals surface area contributed by atoms with Gasteiger partial charge in [0, 0.05) is 24.8 Å². The fraction of sp³-hybridized carbons (Fsp3) is 0.467. The zero-order valence-electron chi connectivity index (χ0n) is 11.7. The highest BCUT2D eigenvalue weighted by Gasteiger charge is 2.16. The quantitative estimate of drug-likeness (QED) is 0.774. The van der Waals surface area contributed by atoms with Gasteiger partial charge < -0.3 is 20.3 Å². The topological polar surface area (TPSA) is 95.9 Å². The first-order valence-electron chi connectivity index (χ1n) is 7.04. The lowest BCUT2D eigenvalue weighted by atomic mass is 10.0. The summed E-state index contributed by atoms with van der Waals surface area (Å²) in [5, 5.41) is 21.0. The molecule has 3 N–H and O–H groups in total. The van der Waals surface area contributed by atoms with Crippen molar-refractivity contribution in [2.24, 2.45) is 0 Å². The molecule has 1 fully saturated rings. The Balaban J connectivity index is 1.84. The number of amides is 1. The Morgan fingerprint density at radius 3 is 2.76 bits per heavy atom. The Labute approximate surface area is 122 Å². The highest BCUT2D eigenvalue weighted by Crippen LogP contribution is 2.22. The maximum atomic E-state index is 11.8. The molecule has 0 aliphatic carbocycles. The Kier molecular flexibility index (Phi) is 5.16. The van der Waals surface area contributed by atoms with E-state index in [1.165, 1.54) is 18.2 Å². The second kappa shape index (κ2) is 7.08. The molecule has 0 bridgehead atoms. The Morgan fingerprint density at radius 2 is 2.14 bits per heavy atom. The Bertz CT molecular complexity index is 523. The number of nitrogens with one attached hydrogen (secondary N) is 1. The van der Waals surface area contributed by atoms with Gasteiger partial charge in [-0.3, -0.25) is 4.79 Å². The molecule has 1 aliphatic heterocycles. The number of carbonyl (C=O) groups excluding carboxylic acids is 1. The average molecular weight is 293 g/mol. The second-order valence-corrected chi connectivity index (χ2v) is 5.11. The predicted molar refractivity (Wildman–Crippen MR) is 76.5 cm³/mol. The van der Waals surface area contributed by atoms with E-state index in [1.54, 1.807) is 0 Å². The van der Waals surface area contributed by atoms with Crippen molar-refractivity contribution in [3.63, 3.8) is 0 Å². The van der Waals surface area contributed by atoms with Crippen LogP contribution in [0.1, 0.15) is 42.5 Å². The Morgan fingerprint density at radius 1 is 1.33 bits per heavy atom. The number of anilines is 1. The molecule has 1 unspecified atom stereocenters. The van der Waals surface area contributed by atoms with Crippen LogP contribution in [0, 0.1) is 0 Å². The summed E-state index contributed by atoms with van der Waals surface area (Å²) in [6.45, 7) is 0.761. The molecule has 1 saturated heterocycles. The number of benzene rings is 1. The molecule has 1 aromatic carbocycles. The molecule has 21 heavy (non-hydrogen) atoms. The van der Waals surface area contributed by atoms with Crippen LogP contribution in [0.5, 0.6) is 5.75 Å². The third kappa shape index (κ3) is 4.46. The molecular weight excluding hydrogens is 274 g/mol. The SMILES string of the molecule is O=C(CCC1CCCCO1)Nc1ccc(C(=O)O)c(O)c1. The van der Waals surface area contributed by atoms with E-state index in [0.29, 0.717) is 18.5 Å². The number of carbonyl (C=O) groups is 2. The third-order valence-electron chi connectivity index (χ3n) is 3.48. The number of aromatic hydroxyl groups is 1. The first kappa shape index (κ1) is 15.3. The van der Waals surface area contributed by atoms with Crippen molar-refractivity contribution in [2.45, 2.75) is 38.2 Å². The lowest BCUT2D eigenvalue weighted by molar-refractivity contribution is -0.117. The monoisotopic (exact) mass is 293 g/mol. The summed E-state index contributed by atoms with van der Waals surface area (Å²) in [5.41, 5.74) is 0.190. The van der Waals surface area contributed by atoms with Gasteiger partial charge in [-0.1, -0.05) is 0 Å². The summed E-state index contributed by atoms with van der Waals surface area (Å²) in [6, 6.07) is 3.95. The molecule has 6 heteroatoms. The van der Waals surface area contributed by atoms with E-state index in [-0.39, 0.29) is 23.3 Å². The summed E-state index contributed by atoms with van der Waals surface area (Å²) in [6.07, 6.45) is 4.36. The van der Waals surface area contributed by atoms with Crippen LogP contribution in [0.4, 0.5) is 5.69 Å². The van der Waals surface area contributed by atoms with Crippen molar-refractivity contribution in [3.05, 3.63) is 23.8 Å². The van der Waals surface area contributed by atoms with Gasteiger partial charge in [-0.15, -0.1) is 0 Å². The van der Waals surface area contributed by atoms with Crippen molar-refractivity contribution in [3.8, 4) is 5.75 Å². The summed E-state index contributed by atoms with van der Waals surface area (Å²) in [4.78, 5) is 22.6. The van der Waals surface area contributed by atoms with Crippen LogP contribution in [0.25, 0.3) is 0 Å². The zero-order chi connectivity index (χ0) is 15.2. The van der Waals surface area contributed by atoms with Crippen molar-refractivity contribution in [1.82, 2.24) is 0 Å². The van der Waals surface area contributed by atoms with Crippen LogP contribution < -0.4 is 5.32 Å². The van der Waals surface area contributed by atoms with Gasteiger partial charge in [0.1, 0.15) is 11.3 Å². The maximum absolute atomic E-state index is 11.8. The summed E-state index contributed by atoms with van der Waals surface area (Å²) in [5.74, 6) is -1.75. The van der Waals surface area contributed by atoms with Crippen LogP contribution >= 0.6 is 0 Å². The van der Waals surface area contributed by atoms with Crippen LogP contribution in [0.2, 0.25) is 0 Å². The van der Waals surface area contributed by atoms with Gasteiger partial charge in [-0.25, -0.2) is 4.79 Å². The van der Waals surface area contributed by atoms with E-state index >= 15 is 0 Å². The van der Waals surface area contributed by atoms with E-state index in [4.69, 9.17) is 9.84 Å². The first-order chi connectivity index (χ1) is 10.1. The van der Waals surface area contributed by atoms with E-state index in [2.05, 4.69) is 5.32 Å². The highest BCUT2D eigenvalue weighted by atomic mass is 16.5. The molecule has 0 saturated carbocycles. The largest absolute Gasteiger partial charge is 0.507 e.